The fourth-order valence-electron chi connectivity index (χ4n) is 7.16. The van der Waals surface area contributed by atoms with Crippen LogP contribution in [0.15, 0.2) is 0 Å². The van der Waals surface area contributed by atoms with Crippen molar-refractivity contribution in [2.75, 3.05) is 45.8 Å². The first kappa shape index (κ1) is 24.9. The first-order valence-electron chi connectivity index (χ1n) is 14.4. The smallest absolute Gasteiger partial charge is 0.224 e. The number of nitrogens with zero attached hydrogens (tertiary/aromatic N) is 1. The Morgan fingerprint density at radius 3 is 2.62 bits per heavy atom. The summed E-state index contributed by atoms with van der Waals surface area (Å²) in [6.45, 7) is 10.0. The van der Waals surface area contributed by atoms with Crippen LogP contribution in [0.5, 0.6) is 0 Å². The van der Waals surface area contributed by atoms with Crippen molar-refractivity contribution in [2.45, 2.75) is 95.2 Å². The van der Waals surface area contributed by atoms with Gasteiger partial charge < -0.3 is 16.0 Å². The van der Waals surface area contributed by atoms with Gasteiger partial charge in [0.15, 0.2) is 0 Å². The van der Waals surface area contributed by atoms with E-state index in [9.17, 15) is 4.79 Å². The summed E-state index contributed by atoms with van der Waals surface area (Å²) < 4.78 is 0. The second-order valence-corrected chi connectivity index (χ2v) is 11.8. The molecule has 1 aliphatic carbocycles. The van der Waals surface area contributed by atoms with Crippen LogP contribution >= 0.6 is 0 Å². The molecule has 1 amide bonds. The number of carbonyl (C=O) groups excluding carboxylic acids is 1. The maximum Gasteiger partial charge on any atom is 0.224 e. The Bertz CT molecular complexity index is 651. The van der Waals surface area contributed by atoms with Crippen molar-refractivity contribution >= 4 is 5.91 Å². The minimum atomic E-state index is 0.108. The summed E-state index contributed by atoms with van der Waals surface area (Å²) in [5, 5.41) is 22.0. The van der Waals surface area contributed by atoms with Gasteiger partial charge in [-0.05, 0) is 102 Å². The molecule has 4 saturated heterocycles. The number of likely N-dealkylation sites (tertiary alicyclic amines) is 1. The van der Waals surface area contributed by atoms with Crippen molar-refractivity contribution in [3.05, 3.63) is 0 Å². The summed E-state index contributed by atoms with van der Waals surface area (Å²) in [6, 6.07) is 1.83. The highest BCUT2D eigenvalue weighted by molar-refractivity contribution is 5.79. The first-order chi connectivity index (χ1) is 16.7. The molecule has 0 bridgehead atoms. The number of rotatable bonds is 6. The number of hydrogen-bond acceptors (Lipinski definition) is 7. The number of carbonyl (C=O) groups is 1. The third kappa shape index (κ3) is 6.31. The van der Waals surface area contributed by atoms with Gasteiger partial charge in [0.1, 0.15) is 6.29 Å². The lowest BCUT2D eigenvalue weighted by Crippen LogP contribution is -2.66. The van der Waals surface area contributed by atoms with E-state index in [2.05, 4.69) is 43.7 Å². The topological polar surface area (TPSA) is 92.5 Å². The molecule has 4 aliphatic heterocycles. The second-order valence-electron chi connectivity index (χ2n) is 11.8. The maximum absolute atomic E-state index is 13.2. The average Bonchev–Trinajstić information content (AvgIpc) is 3.42. The number of hydrogen-bond donors (Lipinski definition) is 6. The Labute approximate surface area is 206 Å². The monoisotopic (exact) mass is 475 g/mol. The summed E-state index contributed by atoms with van der Waals surface area (Å²) >= 11 is 0. The summed E-state index contributed by atoms with van der Waals surface area (Å²) in [4.78, 5) is 15.8. The van der Waals surface area contributed by atoms with E-state index >= 15 is 0 Å². The Morgan fingerprint density at radius 2 is 1.79 bits per heavy atom. The van der Waals surface area contributed by atoms with Crippen molar-refractivity contribution in [1.29, 1.82) is 0 Å². The van der Waals surface area contributed by atoms with E-state index in [1.54, 1.807) is 0 Å². The molecule has 0 aromatic rings. The van der Waals surface area contributed by atoms with Gasteiger partial charge in [-0.15, -0.1) is 0 Å². The molecule has 6 N–H and O–H groups in total. The van der Waals surface area contributed by atoms with Crippen LogP contribution in [0.1, 0.15) is 64.7 Å². The van der Waals surface area contributed by atoms with Gasteiger partial charge >= 0.3 is 0 Å². The van der Waals surface area contributed by atoms with Crippen LogP contribution in [-0.4, -0.2) is 87.1 Å². The van der Waals surface area contributed by atoms with Crippen molar-refractivity contribution in [3.63, 3.8) is 0 Å². The Hall–Kier alpha value is -0.770. The lowest BCUT2D eigenvalue weighted by molar-refractivity contribution is -0.127. The molecule has 5 rings (SSSR count). The molecular weight excluding hydrogens is 426 g/mol. The average molecular weight is 476 g/mol. The van der Waals surface area contributed by atoms with Crippen molar-refractivity contribution in [3.8, 4) is 0 Å². The van der Waals surface area contributed by atoms with E-state index in [0.717, 1.165) is 51.4 Å². The number of piperidine rings is 2. The third-order valence-corrected chi connectivity index (χ3v) is 9.37. The van der Waals surface area contributed by atoms with Gasteiger partial charge in [0.2, 0.25) is 5.91 Å². The van der Waals surface area contributed by atoms with Crippen LogP contribution < -0.4 is 31.9 Å². The molecule has 8 heteroatoms. The fourth-order valence-corrected chi connectivity index (χ4v) is 7.16. The molecule has 5 fully saturated rings. The Kier molecular flexibility index (Phi) is 8.77. The zero-order chi connectivity index (χ0) is 23.3. The maximum atomic E-state index is 13.2. The molecule has 194 valence electrons. The Balaban J connectivity index is 1.10. The van der Waals surface area contributed by atoms with Gasteiger partial charge in [-0.25, -0.2) is 0 Å². The van der Waals surface area contributed by atoms with Gasteiger partial charge in [-0.2, -0.15) is 0 Å². The van der Waals surface area contributed by atoms with E-state index in [1.807, 2.05) is 0 Å². The first-order valence-corrected chi connectivity index (χ1v) is 14.4. The molecule has 0 radical (unpaired) electrons. The zero-order valence-corrected chi connectivity index (χ0v) is 21.3. The lowest BCUT2D eigenvalue weighted by Gasteiger charge is -2.43. The molecule has 8 unspecified atom stereocenters. The summed E-state index contributed by atoms with van der Waals surface area (Å²) in [5.41, 5.74) is 0. The van der Waals surface area contributed by atoms with E-state index in [4.69, 9.17) is 0 Å². The molecule has 5 aliphatic rings. The van der Waals surface area contributed by atoms with E-state index < -0.39 is 0 Å². The van der Waals surface area contributed by atoms with E-state index in [1.165, 1.54) is 58.2 Å². The van der Waals surface area contributed by atoms with Crippen molar-refractivity contribution in [2.24, 2.45) is 17.8 Å². The molecule has 4 heterocycles. The van der Waals surface area contributed by atoms with Gasteiger partial charge in [-0.1, -0.05) is 6.92 Å². The zero-order valence-electron chi connectivity index (χ0n) is 21.3. The van der Waals surface area contributed by atoms with Gasteiger partial charge in [0, 0.05) is 37.3 Å². The fraction of sp³-hybridized carbons (Fsp3) is 0.962. The molecule has 0 aromatic carbocycles. The third-order valence-electron chi connectivity index (χ3n) is 9.37. The normalized spacial score (nSPS) is 42.4. The predicted molar refractivity (Wildman–Crippen MR) is 136 cm³/mol. The van der Waals surface area contributed by atoms with Crippen LogP contribution in [0, 0.1) is 17.8 Å². The minimum Gasteiger partial charge on any atom is -0.353 e. The second kappa shape index (κ2) is 12.0. The van der Waals surface area contributed by atoms with Crippen LogP contribution in [0.25, 0.3) is 0 Å². The van der Waals surface area contributed by atoms with Crippen LogP contribution in [0.4, 0.5) is 0 Å². The molecule has 0 aromatic heterocycles. The van der Waals surface area contributed by atoms with Crippen molar-refractivity contribution < 1.29 is 4.79 Å². The highest BCUT2D eigenvalue weighted by atomic mass is 16.2. The highest BCUT2D eigenvalue weighted by Gasteiger charge is 2.36. The summed E-state index contributed by atoms with van der Waals surface area (Å²) in [7, 11) is 0. The lowest BCUT2D eigenvalue weighted by atomic mass is 9.82. The Morgan fingerprint density at radius 1 is 0.912 bits per heavy atom. The van der Waals surface area contributed by atoms with Crippen molar-refractivity contribution in [1.82, 2.24) is 36.8 Å². The molecular formula is C26H49N7O. The SMILES string of the molecule is CC1CCC(NC(=O)C2CNCC(N3CCCC3)C2)CC1NC1NCCC(C2CCCNC2)N1. The number of nitrogens with one attached hydrogen (secondary N) is 6. The summed E-state index contributed by atoms with van der Waals surface area (Å²) in [5.74, 6) is 1.75. The number of amides is 1. The minimum absolute atomic E-state index is 0.108. The molecule has 8 nitrogen and oxygen atoms in total. The molecule has 0 spiro atoms. The van der Waals surface area contributed by atoms with E-state index in [-0.39, 0.29) is 24.2 Å². The largest absolute Gasteiger partial charge is 0.353 e. The predicted octanol–water partition coefficient (Wildman–Crippen LogP) is 0.558. The van der Waals surface area contributed by atoms with Crippen LogP contribution in [-0.2, 0) is 4.79 Å². The molecule has 8 atom stereocenters. The van der Waals surface area contributed by atoms with Gasteiger partial charge in [0.25, 0.3) is 0 Å². The van der Waals surface area contributed by atoms with Gasteiger partial charge in [-0.3, -0.25) is 25.6 Å². The van der Waals surface area contributed by atoms with Crippen LogP contribution in [0.2, 0.25) is 0 Å². The van der Waals surface area contributed by atoms with Crippen LogP contribution in [0.3, 0.4) is 0 Å². The van der Waals surface area contributed by atoms with Gasteiger partial charge in [0.05, 0.1) is 5.92 Å². The summed E-state index contributed by atoms with van der Waals surface area (Å²) in [6.07, 6.45) is 10.9. The molecule has 1 saturated carbocycles. The molecule has 34 heavy (non-hydrogen) atoms. The quantitative estimate of drug-likeness (QED) is 0.334. The highest BCUT2D eigenvalue weighted by Crippen LogP contribution is 2.27. The standard InChI is InChI=1S/C26H49N7O/c1-18-6-7-21(30-25(34)20-13-22(17-28-16-20)33-11-2-3-12-33)14-24(18)32-26-29-10-8-23(31-26)19-5-4-9-27-15-19/h18-24,26-29,31-32H,2-17H2,1H3,(H,30,34). The van der Waals surface area contributed by atoms with E-state index in [0.29, 0.717) is 24.0 Å².